The first-order valence-electron chi connectivity index (χ1n) is 8.23. The number of carbonyl (C=O) groups is 1. The van der Waals surface area contributed by atoms with Gasteiger partial charge in [-0.05, 0) is 56.1 Å². The number of benzene rings is 1. The van der Waals surface area contributed by atoms with Gasteiger partial charge in [0.15, 0.2) is 0 Å². The van der Waals surface area contributed by atoms with Gasteiger partial charge in [-0.15, -0.1) is 0 Å². The predicted molar refractivity (Wildman–Crippen MR) is 91.1 cm³/mol. The Morgan fingerprint density at radius 2 is 1.83 bits per heavy atom. The molecule has 0 unspecified atom stereocenters. The molecule has 1 aromatic carbocycles. The van der Waals surface area contributed by atoms with Gasteiger partial charge in [0.2, 0.25) is 0 Å². The summed E-state index contributed by atoms with van der Waals surface area (Å²) in [6, 6.07) is 13.8. The number of amides is 1. The maximum absolute atomic E-state index is 12.2. The Morgan fingerprint density at radius 3 is 2.57 bits per heavy atom. The van der Waals surface area contributed by atoms with E-state index in [1.54, 1.807) is 6.07 Å². The number of rotatable bonds is 5. The van der Waals surface area contributed by atoms with Crippen molar-refractivity contribution in [2.75, 3.05) is 13.1 Å². The molecule has 0 atom stereocenters. The summed E-state index contributed by atoms with van der Waals surface area (Å²) >= 11 is 0. The second kappa shape index (κ2) is 7.38. The summed E-state index contributed by atoms with van der Waals surface area (Å²) in [6.07, 6.45) is 2.58. The molecule has 0 spiro atoms. The summed E-state index contributed by atoms with van der Waals surface area (Å²) < 4.78 is 0. The number of hydrogen-bond donors (Lipinski definition) is 1. The minimum Gasteiger partial charge on any atom is -0.347 e. The van der Waals surface area contributed by atoms with Crippen molar-refractivity contribution in [3.8, 4) is 0 Å². The third-order valence-electron chi connectivity index (χ3n) is 4.27. The van der Waals surface area contributed by atoms with E-state index in [-0.39, 0.29) is 5.91 Å². The molecule has 0 bridgehead atoms. The average Bonchev–Trinajstić information content (AvgIpc) is 3.07. The highest BCUT2D eigenvalue weighted by atomic mass is 16.1. The van der Waals surface area contributed by atoms with Gasteiger partial charge in [0.05, 0.1) is 0 Å². The predicted octanol–water partition coefficient (Wildman–Crippen LogP) is 2.92. The van der Waals surface area contributed by atoms with Crippen molar-refractivity contribution in [2.24, 2.45) is 0 Å². The quantitative estimate of drug-likeness (QED) is 0.923. The number of hydrogen-bond acceptors (Lipinski definition) is 3. The zero-order valence-electron chi connectivity index (χ0n) is 13.6. The van der Waals surface area contributed by atoms with Crippen LogP contribution < -0.4 is 5.32 Å². The first-order valence-corrected chi connectivity index (χ1v) is 8.23. The summed E-state index contributed by atoms with van der Waals surface area (Å²) in [5.41, 5.74) is 3.81. The van der Waals surface area contributed by atoms with Crippen LogP contribution in [-0.2, 0) is 13.1 Å². The fraction of sp³-hybridized carbons (Fsp3) is 0.368. The topological polar surface area (TPSA) is 45.2 Å². The summed E-state index contributed by atoms with van der Waals surface area (Å²) in [4.78, 5) is 19.0. The van der Waals surface area contributed by atoms with Gasteiger partial charge in [0, 0.05) is 18.8 Å². The van der Waals surface area contributed by atoms with E-state index in [0.717, 1.165) is 12.2 Å². The molecule has 1 aromatic heterocycles. The summed E-state index contributed by atoms with van der Waals surface area (Å²) in [6.45, 7) is 5.75. The molecule has 3 rings (SSSR count). The Kier molecular flexibility index (Phi) is 5.03. The van der Waals surface area contributed by atoms with E-state index in [0.29, 0.717) is 12.2 Å². The van der Waals surface area contributed by atoms with Crippen LogP contribution in [0.1, 0.15) is 40.2 Å². The molecule has 1 amide bonds. The van der Waals surface area contributed by atoms with Gasteiger partial charge in [-0.1, -0.05) is 30.3 Å². The third kappa shape index (κ3) is 4.17. The Morgan fingerprint density at radius 1 is 1.09 bits per heavy atom. The molecule has 0 radical (unpaired) electrons. The number of nitrogens with one attached hydrogen (secondary N) is 1. The smallest absolute Gasteiger partial charge is 0.270 e. The molecule has 2 heterocycles. The molecule has 4 nitrogen and oxygen atoms in total. The summed E-state index contributed by atoms with van der Waals surface area (Å²) in [7, 11) is 0. The summed E-state index contributed by atoms with van der Waals surface area (Å²) in [5.74, 6) is -0.121. The van der Waals surface area contributed by atoms with Crippen LogP contribution >= 0.6 is 0 Å². The van der Waals surface area contributed by atoms with Crippen molar-refractivity contribution >= 4 is 5.91 Å². The Labute approximate surface area is 137 Å². The van der Waals surface area contributed by atoms with Gasteiger partial charge < -0.3 is 5.32 Å². The lowest BCUT2D eigenvalue weighted by Gasteiger charge is -2.17. The average molecular weight is 309 g/mol. The molecule has 0 saturated carbocycles. The number of carbonyl (C=O) groups excluding carboxylic acids is 1. The van der Waals surface area contributed by atoms with E-state index in [9.17, 15) is 4.79 Å². The minimum absolute atomic E-state index is 0.121. The number of nitrogens with zero attached hydrogens (tertiary/aromatic N) is 2. The highest BCUT2D eigenvalue weighted by Crippen LogP contribution is 2.16. The fourth-order valence-corrected chi connectivity index (χ4v) is 3.00. The number of likely N-dealkylation sites (tertiary alicyclic amines) is 1. The first kappa shape index (κ1) is 15.7. The van der Waals surface area contributed by atoms with Gasteiger partial charge in [-0.2, -0.15) is 0 Å². The molecule has 1 saturated heterocycles. The molecule has 120 valence electrons. The van der Waals surface area contributed by atoms with E-state index in [2.05, 4.69) is 33.4 Å². The maximum Gasteiger partial charge on any atom is 0.270 e. The molecular weight excluding hydrogens is 286 g/mol. The van der Waals surface area contributed by atoms with Gasteiger partial charge in [0.1, 0.15) is 5.69 Å². The van der Waals surface area contributed by atoms with E-state index in [4.69, 9.17) is 0 Å². The van der Waals surface area contributed by atoms with Gasteiger partial charge in [-0.25, -0.2) is 4.98 Å². The van der Waals surface area contributed by atoms with Crippen molar-refractivity contribution < 1.29 is 4.79 Å². The van der Waals surface area contributed by atoms with Crippen LogP contribution in [0.4, 0.5) is 0 Å². The van der Waals surface area contributed by atoms with E-state index in [1.165, 1.54) is 37.1 Å². The van der Waals surface area contributed by atoms with Crippen LogP contribution in [0.2, 0.25) is 0 Å². The second-order valence-corrected chi connectivity index (χ2v) is 6.10. The van der Waals surface area contributed by atoms with Gasteiger partial charge in [-0.3, -0.25) is 9.69 Å². The Bertz CT molecular complexity index is 678. The number of aromatic nitrogens is 1. The highest BCUT2D eigenvalue weighted by Gasteiger charge is 2.14. The maximum atomic E-state index is 12.2. The first-order chi connectivity index (χ1) is 11.2. The second-order valence-electron chi connectivity index (χ2n) is 6.10. The standard InChI is InChI=1S/C19H23N3O/c1-15-7-6-10-18(21-15)19(23)20-13-16-8-2-3-9-17(16)14-22-11-4-5-12-22/h2-3,6-10H,4-5,11-14H2,1H3,(H,20,23). The van der Waals surface area contributed by atoms with Crippen molar-refractivity contribution in [1.29, 1.82) is 0 Å². The molecule has 1 fully saturated rings. The highest BCUT2D eigenvalue weighted by molar-refractivity contribution is 5.92. The Balaban J connectivity index is 1.64. The minimum atomic E-state index is -0.121. The fourth-order valence-electron chi connectivity index (χ4n) is 3.00. The van der Waals surface area contributed by atoms with Crippen molar-refractivity contribution in [3.05, 3.63) is 65.0 Å². The van der Waals surface area contributed by atoms with Crippen molar-refractivity contribution in [1.82, 2.24) is 15.2 Å². The lowest BCUT2D eigenvalue weighted by atomic mass is 10.1. The largest absolute Gasteiger partial charge is 0.347 e. The number of pyridine rings is 1. The monoisotopic (exact) mass is 309 g/mol. The van der Waals surface area contributed by atoms with E-state index >= 15 is 0 Å². The SMILES string of the molecule is Cc1cccc(C(=O)NCc2ccccc2CN2CCCC2)n1. The van der Waals surface area contributed by atoms with Crippen molar-refractivity contribution in [2.45, 2.75) is 32.9 Å². The lowest BCUT2D eigenvalue weighted by Crippen LogP contribution is -2.25. The van der Waals surface area contributed by atoms with Crippen LogP contribution in [0, 0.1) is 6.92 Å². The van der Waals surface area contributed by atoms with Crippen molar-refractivity contribution in [3.63, 3.8) is 0 Å². The summed E-state index contributed by atoms with van der Waals surface area (Å²) in [5, 5.41) is 2.99. The van der Waals surface area contributed by atoms with Gasteiger partial charge >= 0.3 is 0 Å². The van der Waals surface area contributed by atoms with Crippen LogP contribution in [0.15, 0.2) is 42.5 Å². The normalized spacial score (nSPS) is 14.8. The van der Waals surface area contributed by atoms with Gasteiger partial charge in [0.25, 0.3) is 5.91 Å². The molecular formula is C19H23N3O. The molecule has 1 aliphatic rings. The van der Waals surface area contributed by atoms with Crippen LogP contribution in [0.25, 0.3) is 0 Å². The van der Waals surface area contributed by atoms with Crippen LogP contribution in [-0.4, -0.2) is 28.9 Å². The molecule has 2 aromatic rings. The van der Waals surface area contributed by atoms with E-state index in [1.807, 2.05) is 25.1 Å². The molecule has 4 heteroatoms. The molecule has 0 aliphatic carbocycles. The zero-order valence-corrected chi connectivity index (χ0v) is 13.6. The van der Waals surface area contributed by atoms with Crippen LogP contribution in [0.5, 0.6) is 0 Å². The molecule has 23 heavy (non-hydrogen) atoms. The molecule has 1 aliphatic heterocycles. The third-order valence-corrected chi connectivity index (χ3v) is 4.27. The van der Waals surface area contributed by atoms with E-state index < -0.39 is 0 Å². The Hall–Kier alpha value is -2.20. The zero-order chi connectivity index (χ0) is 16.1. The molecule has 1 N–H and O–H groups in total. The van der Waals surface area contributed by atoms with Crippen LogP contribution in [0.3, 0.4) is 0 Å². The lowest BCUT2D eigenvalue weighted by molar-refractivity contribution is 0.0945. The number of aryl methyl sites for hydroxylation is 1.